The number of nitrogens with zero attached hydrogens (tertiary/aromatic N) is 1. The van der Waals surface area contributed by atoms with E-state index in [1.807, 2.05) is 0 Å². The van der Waals surface area contributed by atoms with E-state index >= 15 is 0 Å². The van der Waals surface area contributed by atoms with E-state index in [0.29, 0.717) is 11.5 Å². The van der Waals surface area contributed by atoms with Gasteiger partial charge in [0, 0.05) is 5.92 Å². The van der Waals surface area contributed by atoms with Crippen molar-refractivity contribution in [2.24, 2.45) is 0 Å². The fourth-order valence-corrected chi connectivity index (χ4v) is 1.81. The van der Waals surface area contributed by atoms with E-state index in [9.17, 15) is 9.59 Å². The number of methoxy groups -OCH3 is 1. The van der Waals surface area contributed by atoms with Gasteiger partial charge in [-0.25, -0.2) is 0 Å². The molecule has 1 aromatic rings. The van der Waals surface area contributed by atoms with Crippen LogP contribution in [-0.4, -0.2) is 29.1 Å². The number of aromatic nitrogens is 2. The van der Waals surface area contributed by atoms with Crippen LogP contribution >= 0.6 is 11.6 Å². The molecule has 1 aromatic heterocycles. The first-order valence-corrected chi connectivity index (χ1v) is 5.35. The number of halogens is 1. The van der Waals surface area contributed by atoms with Gasteiger partial charge in [-0.05, 0) is 12.8 Å². The molecule has 0 amide bonds. The molecule has 1 saturated carbocycles. The molecule has 0 saturated heterocycles. The Morgan fingerprint density at radius 2 is 2.25 bits per heavy atom. The number of hydrogen-bond acceptors (Lipinski definition) is 4. The second-order valence-corrected chi connectivity index (χ2v) is 4.11. The van der Waals surface area contributed by atoms with Crippen molar-refractivity contribution in [1.82, 2.24) is 10.2 Å². The van der Waals surface area contributed by atoms with Gasteiger partial charge in [0.1, 0.15) is 6.42 Å². The predicted octanol–water partition coefficient (Wildman–Crippen LogP) is 1.69. The van der Waals surface area contributed by atoms with E-state index < -0.39 is 5.97 Å². The van der Waals surface area contributed by atoms with E-state index in [0.717, 1.165) is 18.5 Å². The molecular formula is C10H11ClN2O3. The van der Waals surface area contributed by atoms with Crippen molar-refractivity contribution in [1.29, 1.82) is 0 Å². The average molecular weight is 243 g/mol. The highest BCUT2D eigenvalue weighted by molar-refractivity contribution is 6.33. The maximum Gasteiger partial charge on any atom is 0.313 e. The number of H-pyrrole nitrogens is 1. The van der Waals surface area contributed by atoms with Crippen LogP contribution in [0.1, 0.15) is 41.2 Å². The molecule has 2 rings (SSSR count). The average Bonchev–Trinajstić information content (AvgIpc) is 3.02. The molecule has 0 aromatic carbocycles. The van der Waals surface area contributed by atoms with Crippen LogP contribution < -0.4 is 0 Å². The van der Waals surface area contributed by atoms with Crippen molar-refractivity contribution < 1.29 is 14.3 Å². The van der Waals surface area contributed by atoms with E-state index in [1.54, 1.807) is 0 Å². The third-order valence-corrected chi connectivity index (χ3v) is 2.82. The number of ketones is 1. The minimum Gasteiger partial charge on any atom is -0.469 e. The van der Waals surface area contributed by atoms with Crippen LogP contribution in [0.3, 0.4) is 0 Å². The van der Waals surface area contributed by atoms with Crippen LogP contribution in [-0.2, 0) is 9.53 Å². The molecule has 86 valence electrons. The predicted molar refractivity (Wildman–Crippen MR) is 56.5 cm³/mol. The van der Waals surface area contributed by atoms with Gasteiger partial charge in [0.25, 0.3) is 0 Å². The van der Waals surface area contributed by atoms with Gasteiger partial charge in [0.15, 0.2) is 10.9 Å². The summed E-state index contributed by atoms with van der Waals surface area (Å²) in [5.74, 6) is -0.576. The van der Waals surface area contributed by atoms with Gasteiger partial charge in [-0.1, -0.05) is 11.6 Å². The zero-order valence-electron chi connectivity index (χ0n) is 8.75. The van der Waals surface area contributed by atoms with Crippen molar-refractivity contribution in [2.45, 2.75) is 25.2 Å². The molecule has 0 atom stereocenters. The quantitative estimate of drug-likeness (QED) is 0.495. The minimum absolute atomic E-state index is 0.135. The highest BCUT2D eigenvalue weighted by atomic mass is 35.5. The van der Waals surface area contributed by atoms with Gasteiger partial charge in [0.05, 0.1) is 18.4 Å². The summed E-state index contributed by atoms with van der Waals surface area (Å²) in [6.07, 6.45) is 1.75. The second kappa shape index (κ2) is 4.25. The van der Waals surface area contributed by atoms with Crippen LogP contribution in [0, 0.1) is 0 Å². The van der Waals surface area contributed by atoms with Crippen molar-refractivity contribution in [3.63, 3.8) is 0 Å². The third kappa shape index (κ3) is 2.09. The maximum atomic E-state index is 11.8. The lowest BCUT2D eigenvalue weighted by atomic mass is 10.1. The Balaban J connectivity index is 2.21. The molecule has 0 unspecified atom stereocenters. The summed E-state index contributed by atoms with van der Waals surface area (Å²) < 4.78 is 4.44. The lowest BCUT2D eigenvalue weighted by Crippen LogP contribution is -2.10. The highest BCUT2D eigenvalue weighted by Gasteiger charge is 2.32. The normalized spacial score (nSPS) is 14.9. The topological polar surface area (TPSA) is 72.1 Å². The van der Waals surface area contributed by atoms with Gasteiger partial charge in [-0.3, -0.25) is 14.7 Å². The Kier molecular flexibility index (Phi) is 2.96. The molecule has 1 aliphatic carbocycles. The summed E-state index contributed by atoms with van der Waals surface area (Å²) >= 11 is 5.82. The maximum absolute atomic E-state index is 11.8. The van der Waals surface area contributed by atoms with Gasteiger partial charge >= 0.3 is 5.97 Å². The SMILES string of the molecule is COC(=O)CC(=O)c1c(Cl)n[nH]c1C1CC1. The summed E-state index contributed by atoms with van der Waals surface area (Å²) in [7, 11) is 1.24. The molecule has 5 nitrogen and oxygen atoms in total. The highest BCUT2D eigenvalue weighted by Crippen LogP contribution is 2.42. The molecule has 1 fully saturated rings. The van der Waals surface area contributed by atoms with E-state index in [4.69, 9.17) is 11.6 Å². The van der Waals surface area contributed by atoms with Crippen LogP contribution in [0.4, 0.5) is 0 Å². The van der Waals surface area contributed by atoms with E-state index in [1.165, 1.54) is 7.11 Å². The largest absolute Gasteiger partial charge is 0.469 e. The number of rotatable bonds is 4. The number of Topliss-reactive ketones (excluding diaryl/α,β-unsaturated/α-hetero) is 1. The summed E-state index contributed by atoms with van der Waals surface area (Å²) in [6.45, 7) is 0. The monoisotopic (exact) mass is 242 g/mol. The Bertz CT molecular complexity index is 437. The molecule has 16 heavy (non-hydrogen) atoms. The van der Waals surface area contributed by atoms with E-state index in [2.05, 4.69) is 14.9 Å². The van der Waals surface area contributed by atoms with Crippen LogP contribution in [0.25, 0.3) is 0 Å². The lowest BCUT2D eigenvalue weighted by Gasteiger charge is -2.00. The first-order valence-electron chi connectivity index (χ1n) is 4.97. The van der Waals surface area contributed by atoms with Crippen molar-refractivity contribution in [3.8, 4) is 0 Å². The number of carbonyl (C=O) groups is 2. The molecule has 0 aliphatic heterocycles. The first kappa shape index (κ1) is 11.1. The summed E-state index contributed by atoms with van der Waals surface area (Å²) in [6, 6.07) is 0. The fraction of sp³-hybridized carbons (Fsp3) is 0.500. The number of carbonyl (C=O) groups excluding carboxylic acids is 2. The lowest BCUT2D eigenvalue weighted by molar-refractivity contribution is -0.139. The fourth-order valence-electron chi connectivity index (χ4n) is 1.56. The molecular weight excluding hydrogens is 232 g/mol. The smallest absolute Gasteiger partial charge is 0.313 e. The van der Waals surface area contributed by atoms with Crippen molar-refractivity contribution >= 4 is 23.4 Å². The molecule has 1 heterocycles. The molecule has 1 aliphatic rings. The van der Waals surface area contributed by atoms with Crippen molar-refractivity contribution in [3.05, 3.63) is 16.4 Å². The van der Waals surface area contributed by atoms with Gasteiger partial charge in [0.2, 0.25) is 0 Å². The first-order chi connectivity index (χ1) is 7.63. The molecule has 0 spiro atoms. The molecule has 1 N–H and O–H groups in total. The minimum atomic E-state index is -0.566. The van der Waals surface area contributed by atoms with Crippen LogP contribution in [0.5, 0.6) is 0 Å². The van der Waals surface area contributed by atoms with Crippen LogP contribution in [0.15, 0.2) is 0 Å². The molecule has 0 bridgehead atoms. The zero-order chi connectivity index (χ0) is 11.7. The van der Waals surface area contributed by atoms with Gasteiger partial charge < -0.3 is 4.74 Å². The number of hydrogen-bond donors (Lipinski definition) is 1. The third-order valence-electron chi connectivity index (χ3n) is 2.55. The van der Waals surface area contributed by atoms with E-state index in [-0.39, 0.29) is 17.4 Å². The molecule has 0 radical (unpaired) electrons. The number of nitrogens with one attached hydrogen (secondary N) is 1. The standard InChI is InChI=1S/C10H11ClN2O3/c1-16-7(15)4-6(14)8-9(5-2-3-5)12-13-10(8)11/h5H,2-4H2,1H3,(H,12,13). The number of aromatic amines is 1. The summed E-state index contributed by atoms with van der Waals surface area (Å²) in [4.78, 5) is 22.8. The Morgan fingerprint density at radius 3 is 2.81 bits per heavy atom. The second-order valence-electron chi connectivity index (χ2n) is 3.75. The summed E-state index contributed by atoms with van der Waals surface area (Å²) in [5.41, 5.74) is 1.09. The number of esters is 1. The number of ether oxygens (including phenoxy) is 1. The van der Waals surface area contributed by atoms with Gasteiger partial charge in [-0.15, -0.1) is 0 Å². The Hall–Kier alpha value is -1.36. The molecule has 6 heteroatoms. The van der Waals surface area contributed by atoms with Crippen molar-refractivity contribution in [2.75, 3.05) is 7.11 Å². The Morgan fingerprint density at radius 1 is 1.56 bits per heavy atom. The van der Waals surface area contributed by atoms with Crippen LogP contribution in [0.2, 0.25) is 5.15 Å². The Labute approximate surface area is 97.1 Å². The van der Waals surface area contributed by atoms with Gasteiger partial charge in [-0.2, -0.15) is 5.10 Å². The zero-order valence-corrected chi connectivity index (χ0v) is 9.50. The summed E-state index contributed by atoms with van der Waals surface area (Å²) in [5, 5.41) is 6.69.